The van der Waals surface area contributed by atoms with Gasteiger partial charge in [-0.1, -0.05) is 6.92 Å². The molecule has 0 unspecified atom stereocenters. The monoisotopic (exact) mass is 259 g/mol. The highest BCUT2D eigenvalue weighted by Gasteiger charge is 2.10. The van der Waals surface area contributed by atoms with E-state index in [0.29, 0.717) is 35.9 Å². The van der Waals surface area contributed by atoms with E-state index < -0.39 is 0 Å². The van der Waals surface area contributed by atoms with Crippen molar-refractivity contribution in [2.45, 2.75) is 27.2 Å². The Morgan fingerprint density at radius 2 is 2.11 bits per heavy atom. The summed E-state index contributed by atoms with van der Waals surface area (Å²) in [6.45, 7) is 6.20. The fourth-order valence-corrected chi connectivity index (χ4v) is 1.82. The first-order valence-electron chi connectivity index (χ1n) is 6.33. The molecule has 2 heterocycles. The van der Waals surface area contributed by atoms with Gasteiger partial charge in [-0.05, 0) is 19.9 Å². The molecule has 5 heteroatoms. The molecule has 0 bridgehead atoms. The molecular weight excluding hydrogens is 242 g/mol. The minimum Gasteiger partial charge on any atom is -0.492 e. The first-order valence-corrected chi connectivity index (χ1v) is 6.33. The van der Waals surface area contributed by atoms with E-state index in [4.69, 9.17) is 4.74 Å². The second kappa shape index (κ2) is 5.65. The van der Waals surface area contributed by atoms with E-state index >= 15 is 0 Å². The van der Waals surface area contributed by atoms with Crippen molar-refractivity contribution >= 4 is 0 Å². The number of ether oxygens (including phenoxy) is 1. The van der Waals surface area contributed by atoms with E-state index in [2.05, 4.69) is 15.0 Å². The molecule has 0 saturated carbocycles. The van der Waals surface area contributed by atoms with Crippen molar-refractivity contribution in [2.24, 2.45) is 0 Å². The minimum absolute atomic E-state index is 0.108. The predicted octanol–water partition coefficient (Wildman–Crippen LogP) is 2.10. The number of pyridine rings is 1. The molecule has 0 aliphatic rings. The Kier molecular flexibility index (Phi) is 3.94. The van der Waals surface area contributed by atoms with Crippen LogP contribution in [0.25, 0.3) is 11.3 Å². The molecule has 2 aromatic heterocycles. The van der Waals surface area contributed by atoms with Gasteiger partial charge in [0, 0.05) is 23.7 Å². The first-order chi connectivity index (χ1) is 9.15. The van der Waals surface area contributed by atoms with Crippen LogP contribution in [-0.4, -0.2) is 21.6 Å². The number of aromatic nitrogens is 3. The topological polar surface area (TPSA) is 67.9 Å². The van der Waals surface area contributed by atoms with Crippen LogP contribution in [0.1, 0.15) is 25.2 Å². The van der Waals surface area contributed by atoms with Gasteiger partial charge in [-0.2, -0.15) is 0 Å². The number of H-pyrrole nitrogens is 1. The standard InChI is InChI=1S/C14H17N3O2/c1-4-12-16-13(9(3)14(18)17-12)10-6-11(19-5-2)8-15-7-10/h6-8H,4-5H2,1-3H3,(H,16,17,18). The molecule has 0 saturated heterocycles. The highest BCUT2D eigenvalue weighted by Crippen LogP contribution is 2.22. The molecule has 100 valence electrons. The van der Waals surface area contributed by atoms with Crippen molar-refractivity contribution in [3.05, 3.63) is 40.2 Å². The SMILES string of the molecule is CCOc1cncc(-c2nc(CC)[nH]c(=O)c2C)c1. The van der Waals surface area contributed by atoms with Crippen molar-refractivity contribution in [3.63, 3.8) is 0 Å². The quantitative estimate of drug-likeness (QED) is 0.913. The Labute approximate surface area is 111 Å². The van der Waals surface area contributed by atoms with Crippen LogP contribution >= 0.6 is 0 Å². The number of aryl methyl sites for hydroxylation is 1. The molecule has 0 aromatic carbocycles. The number of rotatable bonds is 4. The molecule has 5 nitrogen and oxygen atoms in total. The van der Waals surface area contributed by atoms with E-state index in [0.717, 1.165) is 5.56 Å². The highest BCUT2D eigenvalue weighted by atomic mass is 16.5. The number of hydrogen-bond acceptors (Lipinski definition) is 4. The molecular formula is C14H17N3O2. The molecule has 0 spiro atoms. The van der Waals surface area contributed by atoms with Gasteiger partial charge in [0.05, 0.1) is 18.5 Å². The van der Waals surface area contributed by atoms with Crippen LogP contribution in [0.15, 0.2) is 23.3 Å². The third-order valence-electron chi connectivity index (χ3n) is 2.83. The van der Waals surface area contributed by atoms with Crippen molar-refractivity contribution < 1.29 is 4.74 Å². The van der Waals surface area contributed by atoms with Gasteiger partial charge in [-0.25, -0.2) is 4.98 Å². The lowest BCUT2D eigenvalue weighted by atomic mass is 10.1. The van der Waals surface area contributed by atoms with Gasteiger partial charge < -0.3 is 9.72 Å². The lowest BCUT2D eigenvalue weighted by Crippen LogP contribution is -2.15. The Bertz CT molecular complexity index is 635. The van der Waals surface area contributed by atoms with Gasteiger partial charge in [-0.15, -0.1) is 0 Å². The van der Waals surface area contributed by atoms with E-state index in [9.17, 15) is 4.79 Å². The molecule has 2 rings (SSSR count). The molecule has 0 radical (unpaired) electrons. The van der Waals surface area contributed by atoms with Crippen LogP contribution in [0, 0.1) is 6.92 Å². The van der Waals surface area contributed by atoms with E-state index in [1.54, 1.807) is 19.3 Å². The maximum absolute atomic E-state index is 11.9. The lowest BCUT2D eigenvalue weighted by Gasteiger charge is -2.08. The summed E-state index contributed by atoms with van der Waals surface area (Å²) in [7, 11) is 0. The maximum Gasteiger partial charge on any atom is 0.254 e. The first kappa shape index (κ1) is 13.3. The summed E-state index contributed by atoms with van der Waals surface area (Å²) in [5.74, 6) is 1.35. The molecule has 0 aliphatic carbocycles. The largest absolute Gasteiger partial charge is 0.492 e. The van der Waals surface area contributed by atoms with Gasteiger partial charge in [-0.3, -0.25) is 9.78 Å². The number of nitrogens with one attached hydrogen (secondary N) is 1. The third-order valence-corrected chi connectivity index (χ3v) is 2.83. The van der Waals surface area contributed by atoms with Gasteiger partial charge in [0.1, 0.15) is 11.6 Å². The molecule has 0 aliphatic heterocycles. The zero-order valence-electron chi connectivity index (χ0n) is 11.4. The zero-order chi connectivity index (χ0) is 13.8. The molecule has 19 heavy (non-hydrogen) atoms. The van der Waals surface area contributed by atoms with Crippen LogP contribution in [0.5, 0.6) is 5.75 Å². The van der Waals surface area contributed by atoms with Gasteiger partial charge in [0.25, 0.3) is 5.56 Å². The summed E-state index contributed by atoms with van der Waals surface area (Å²) < 4.78 is 5.42. The van der Waals surface area contributed by atoms with Crippen molar-refractivity contribution in [1.82, 2.24) is 15.0 Å². The minimum atomic E-state index is -0.108. The average molecular weight is 259 g/mol. The number of aromatic amines is 1. The number of hydrogen-bond donors (Lipinski definition) is 1. The second-order valence-corrected chi connectivity index (χ2v) is 4.18. The summed E-state index contributed by atoms with van der Waals surface area (Å²) >= 11 is 0. The van der Waals surface area contributed by atoms with Gasteiger partial charge >= 0.3 is 0 Å². The van der Waals surface area contributed by atoms with E-state index in [1.165, 1.54) is 0 Å². The Hall–Kier alpha value is -2.17. The summed E-state index contributed by atoms with van der Waals surface area (Å²) in [6.07, 6.45) is 4.02. The van der Waals surface area contributed by atoms with Gasteiger partial charge in [0.2, 0.25) is 0 Å². The molecule has 0 atom stereocenters. The smallest absolute Gasteiger partial charge is 0.254 e. The fraction of sp³-hybridized carbons (Fsp3) is 0.357. The van der Waals surface area contributed by atoms with E-state index in [-0.39, 0.29) is 5.56 Å². The lowest BCUT2D eigenvalue weighted by molar-refractivity contribution is 0.339. The predicted molar refractivity (Wildman–Crippen MR) is 73.4 cm³/mol. The van der Waals surface area contributed by atoms with Crippen molar-refractivity contribution in [3.8, 4) is 17.0 Å². The van der Waals surface area contributed by atoms with Crippen molar-refractivity contribution in [1.29, 1.82) is 0 Å². The molecule has 0 amide bonds. The maximum atomic E-state index is 11.9. The van der Waals surface area contributed by atoms with Crippen LogP contribution < -0.4 is 10.3 Å². The van der Waals surface area contributed by atoms with Crippen LogP contribution in [0.4, 0.5) is 0 Å². The second-order valence-electron chi connectivity index (χ2n) is 4.18. The normalized spacial score (nSPS) is 10.5. The average Bonchev–Trinajstić information content (AvgIpc) is 2.42. The molecule has 2 aromatic rings. The van der Waals surface area contributed by atoms with E-state index in [1.807, 2.05) is 19.9 Å². The van der Waals surface area contributed by atoms with Crippen LogP contribution in [0.2, 0.25) is 0 Å². The molecule has 0 fully saturated rings. The summed E-state index contributed by atoms with van der Waals surface area (Å²) in [5.41, 5.74) is 1.94. The summed E-state index contributed by atoms with van der Waals surface area (Å²) in [4.78, 5) is 23.2. The van der Waals surface area contributed by atoms with Gasteiger partial charge in [0.15, 0.2) is 0 Å². The fourth-order valence-electron chi connectivity index (χ4n) is 1.82. The Balaban J connectivity index is 2.54. The van der Waals surface area contributed by atoms with Crippen molar-refractivity contribution in [2.75, 3.05) is 6.61 Å². The van der Waals surface area contributed by atoms with Crippen LogP contribution in [0.3, 0.4) is 0 Å². The number of nitrogens with zero attached hydrogens (tertiary/aromatic N) is 2. The summed E-state index contributed by atoms with van der Waals surface area (Å²) in [5, 5.41) is 0. The Morgan fingerprint density at radius 3 is 2.79 bits per heavy atom. The Morgan fingerprint density at radius 1 is 1.32 bits per heavy atom. The summed E-state index contributed by atoms with van der Waals surface area (Å²) in [6, 6.07) is 1.85. The highest BCUT2D eigenvalue weighted by molar-refractivity contribution is 5.62. The van der Waals surface area contributed by atoms with Crippen LogP contribution in [-0.2, 0) is 6.42 Å². The molecule has 1 N–H and O–H groups in total. The zero-order valence-corrected chi connectivity index (χ0v) is 11.4. The third kappa shape index (κ3) is 2.81.